The third-order valence-corrected chi connectivity index (χ3v) is 10.7. The lowest BCUT2D eigenvalue weighted by molar-refractivity contribution is -0.295. The molecule has 256 valence electrons. The van der Waals surface area contributed by atoms with Crippen LogP contribution < -0.4 is 0 Å². The number of cyclic esters (lactones) is 1. The van der Waals surface area contributed by atoms with Gasteiger partial charge in [0.25, 0.3) is 0 Å². The number of hydrogen-bond donors (Lipinski definition) is 1. The molecule has 0 aromatic heterocycles. The molecule has 0 unspecified atom stereocenters. The molecule has 0 spiro atoms. The Kier molecular flexibility index (Phi) is 12.9. The molecule has 1 N–H and O–H groups in total. The van der Waals surface area contributed by atoms with Crippen molar-refractivity contribution in [3.05, 3.63) is 0 Å². The molecule has 10 nitrogen and oxygen atoms in total. The van der Waals surface area contributed by atoms with Crippen LogP contribution in [0.2, 0.25) is 0 Å². The molecule has 9 atom stereocenters. The first-order chi connectivity index (χ1) is 20.5. The number of likely N-dealkylation sites (N-methyl/N-ethyl adjacent to an activating group) is 1. The van der Waals surface area contributed by atoms with Crippen molar-refractivity contribution < 1.29 is 33.6 Å². The monoisotopic (exact) mass is 625 g/mol. The summed E-state index contributed by atoms with van der Waals surface area (Å²) in [6.07, 6.45) is 1.58. The Morgan fingerprint density at radius 3 is 2.20 bits per heavy atom. The van der Waals surface area contributed by atoms with Gasteiger partial charge in [-0.25, -0.2) is 0 Å². The first-order valence-corrected chi connectivity index (χ1v) is 16.8. The standard InChI is InChI=1S/C34H63N3O7/c1-13-14-37-19-21(2)18-34(7,41-12)30(44-31-28(38)26(36(10)11)15-22(3)43-31)23(4)29(39)33(5,6)32(40)42-20-27(37)24-16-25(17-24)35(8)9/h21-28,30-31,38H,13-20H2,1-12H3/t21-,22-,23+,24-,25-,26+,27+,28-,30-,31+,34-/m1/s1. The fourth-order valence-electron chi connectivity index (χ4n) is 7.80. The van der Waals surface area contributed by atoms with Crippen LogP contribution >= 0.6 is 0 Å². The molecule has 3 rings (SSSR count). The fraction of sp³-hybridized carbons (Fsp3) is 0.941. The number of ether oxygens (including phenoxy) is 4. The molecule has 1 saturated carbocycles. The number of aliphatic hydroxyl groups is 1. The highest BCUT2D eigenvalue weighted by atomic mass is 16.7. The number of hydrogen-bond acceptors (Lipinski definition) is 10. The van der Waals surface area contributed by atoms with Crippen molar-refractivity contribution in [1.29, 1.82) is 0 Å². The van der Waals surface area contributed by atoms with E-state index >= 15 is 0 Å². The molecule has 0 aromatic rings. The quantitative estimate of drug-likeness (QED) is 0.319. The number of carbonyl (C=O) groups excluding carboxylic acids is 2. The number of methoxy groups -OCH3 is 1. The summed E-state index contributed by atoms with van der Waals surface area (Å²) >= 11 is 0. The third kappa shape index (κ3) is 8.22. The Balaban J connectivity index is 2.01. The number of ketones is 1. The van der Waals surface area contributed by atoms with Crippen LogP contribution in [0.3, 0.4) is 0 Å². The van der Waals surface area contributed by atoms with Crippen molar-refractivity contribution in [2.45, 2.75) is 129 Å². The first kappa shape index (κ1) is 37.3. The van der Waals surface area contributed by atoms with Crippen molar-refractivity contribution in [2.75, 3.05) is 55.0 Å². The SMILES string of the molecule is CCCN1C[C@H](C)C[C@@](C)(OC)[C@H](O[C@@H]2O[C@H](C)C[C@H](N(C)C)[C@H]2O)[C@@H](C)C(=O)C(C)(C)C(=O)OC[C@H]1[C@H]1C[C@H](N(C)C)C1. The minimum absolute atomic E-state index is 0.0812. The number of carbonyl (C=O) groups is 2. The van der Waals surface area contributed by atoms with Crippen LogP contribution in [-0.2, 0) is 28.5 Å². The normalized spacial score (nSPS) is 41.4. The van der Waals surface area contributed by atoms with E-state index in [-0.39, 0.29) is 36.5 Å². The minimum atomic E-state index is -1.40. The van der Waals surface area contributed by atoms with Gasteiger partial charge in [-0.1, -0.05) is 20.8 Å². The van der Waals surface area contributed by atoms with Crippen LogP contribution in [0.15, 0.2) is 0 Å². The second-order valence-electron chi connectivity index (χ2n) is 15.2. The maximum atomic E-state index is 14.2. The molecule has 10 heteroatoms. The van der Waals surface area contributed by atoms with Gasteiger partial charge in [0.05, 0.1) is 17.8 Å². The Hall–Kier alpha value is -1.14. The summed E-state index contributed by atoms with van der Waals surface area (Å²) in [6, 6.07) is 0.446. The van der Waals surface area contributed by atoms with Gasteiger partial charge < -0.3 is 33.9 Å². The van der Waals surface area contributed by atoms with Gasteiger partial charge in [0.2, 0.25) is 0 Å². The number of esters is 1. The van der Waals surface area contributed by atoms with E-state index in [9.17, 15) is 14.7 Å². The summed E-state index contributed by atoms with van der Waals surface area (Å²) in [7, 11) is 9.76. The molecule has 3 aliphatic rings. The summed E-state index contributed by atoms with van der Waals surface area (Å²) < 4.78 is 25.1. The summed E-state index contributed by atoms with van der Waals surface area (Å²) in [6.45, 7) is 15.4. The molecular weight excluding hydrogens is 562 g/mol. The predicted molar refractivity (Wildman–Crippen MR) is 171 cm³/mol. The molecular formula is C34H63N3O7. The summed E-state index contributed by atoms with van der Waals surface area (Å²) in [4.78, 5) is 34.7. The van der Waals surface area contributed by atoms with Gasteiger partial charge in [-0.15, -0.1) is 0 Å². The molecule has 0 aromatic carbocycles. The van der Waals surface area contributed by atoms with E-state index < -0.39 is 41.4 Å². The van der Waals surface area contributed by atoms with Crippen LogP contribution in [-0.4, -0.2) is 135 Å². The molecule has 0 amide bonds. The van der Waals surface area contributed by atoms with Crippen molar-refractivity contribution >= 4 is 11.8 Å². The minimum Gasteiger partial charge on any atom is -0.463 e. The zero-order valence-electron chi connectivity index (χ0n) is 29.7. The van der Waals surface area contributed by atoms with Gasteiger partial charge in [-0.2, -0.15) is 0 Å². The number of rotatable bonds is 8. The lowest BCUT2D eigenvalue weighted by Gasteiger charge is -2.48. The van der Waals surface area contributed by atoms with E-state index in [2.05, 4.69) is 37.7 Å². The van der Waals surface area contributed by atoms with E-state index in [1.54, 1.807) is 27.9 Å². The highest BCUT2D eigenvalue weighted by Crippen LogP contribution is 2.40. The highest BCUT2D eigenvalue weighted by molar-refractivity contribution is 6.04. The van der Waals surface area contributed by atoms with E-state index in [0.717, 1.165) is 32.4 Å². The predicted octanol–water partition coefficient (Wildman–Crippen LogP) is 3.44. The van der Waals surface area contributed by atoms with Gasteiger partial charge in [-0.05, 0) is 106 Å². The summed E-state index contributed by atoms with van der Waals surface area (Å²) in [5.74, 6) is -0.931. The molecule has 0 bridgehead atoms. The van der Waals surface area contributed by atoms with Crippen molar-refractivity contribution in [1.82, 2.24) is 14.7 Å². The summed E-state index contributed by atoms with van der Waals surface area (Å²) in [5.41, 5.74) is -2.30. The number of nitrogens with zero attached hydrogens (tertiary/aromatic N) is 3. The third-order valence-electron chi connectivity index (χ3n) is 10.7. The molecule has 44 heavy (non-hydrogen) atoms. The van der Waals surface area contributed by atoms with Gasteiger partial charge >= 0.3 is 5.97 Å². The Morgan fingerprint density at radius 2 is 1.66 bits per heavy atom. The maximum Gasteiger partial charge on any atom is 0.319 e. The highest BCUT2D eigenvalue weighted by Gasteiger charge is 2.52. The Morgan fingerprint density at radius 1 is 1.02 bits per heavy atom. The molecule has 2 saturated heterocycles. The van der Waals surface area contributed by atoms with Crippen molar-refractivity contribution in [2.24, 2.45) is 23.2 Å². The zero-order valence-corrected chi connectivity index (χ0v) is 29.7. The number of Topliss-reactive ketones (excluding diaryl/α,β-unsaturated/α-hetero) is 1. The lowest BCUT2D eigenvalue weighted by atomic mass is 9.74. The van der Waals surface area contributed by atoms with E-state index in [1.807, 2.05) is 32.8 Å². The average Bonchev–Trinajstić information content (AvgIpc) is 2.92. The molecule has 2 heterocycles. The molecule has 2 aliphatic heterocycles. The van der Waals surface area contributed by atoms with Crippen LogP contribution in [0.1, 0.15) is 80.6 Å². The van der Waals surface area contributed by atoms with Gasteiger partial charge in [0.1, 0.15) is 18.1 Å². The molecule has 0 radical (unpaired) electrons. The molecule has 1 aliphatic carbocycles. The largest absolute Gasteiger partial charge is 0.463 e. The van der Waals surface area contributed by atoms with Gasteiger partial charge in [0.15, 0.2) is 12.1 Å². The van der Waals surface area contributed by atoms with Crippen LogP contribution in [0, 0.1) is 23.2 Å². The Labute approximate surface area is 267 Å². The fourth-order valence-corrected chi connectivity index (χ4v) is 7.80. The molecule has 3 fully saturated rings. The van der Waals surface area contributed by atoms with Crippen molar-refractivity contribution in [3.8, 4) is 0 Å². The van der Waals surface area contributed by atoms with Gasteiger partial charge in [0, 0.05) is 37.7 Å². The van der Waals surface area contributed by atoms with E-state index in [4.69, 9.17) is 18.9 Å². The smallest absolute Gasteiger partial charge is 0.319 e. The topological polar surface area (TPSA) is 101 Å². The van der Waals surface area contributed by atoms with E-state index in [0.29, 0.717) is 24.8 Å². The lowest BCUT2D eigenvalue weighted by Crippen LogP contribution is -2.59. The van der Waals surface area contributed by atoms with E-state index in [1.165, 1.54) is 0 Å². The maximum absolute atomic E-state index is 14.2. The zero-order chi connectivity index (χ0) is 33.1. The van der Waals surface area contributed by atoms with Crippen LogP contribution in [0.4, 0.5) is 0 Å². The second-order valence-corrected chi connectivity index (χ2v) is 15.2. The van der Waals surface area contributed by atoms with Crippen LogP contribution in [0.25, 0.3) is 0 Å². The Bertz CT molecular complexity index is 955. The van der Waals surface area contributed by atoms with Crippen molar-refractivity contribution in [3.63, 3.8) is 0 Å². The van der Waals surface area contributed by atoms with Gasteiger partial charge in [-0.3, -0.25) is 14.5 Å². The van der Waals surface area contributed by atoms with Crippen LogP contribution in [0.5, 0.6) is 0 Å². The first-order valence-electron chi connectivity index (χ1n) is 16.8. The summed E-state index contributed by atoms with van der Waals surface area (Å²) in [5, 5.41) is 11.3. The number of aliphatic hydroxyl groups excluding tert-OH is 1. The average molecular weight is 626 g/mol. The second kappa shape index (κ2) is 15.2.